The third-order valence-electron chi connectivity index (χ3n) is 3.81. The molecule has 3 rings (SSSR count). The van der Waals surface area contributed by atoms with Crippen LogP contribution in [0.4, 0.5) is 0 Å². The third kappa shape index (κ3) is 2.88. The van der Waals surface area contributed by atoms with Crippen molar-refractivity contribution < 1.29 is 5.11 Å². The van der Waals surface area contributed by atoms with Gasteiger partial charge in [-0.2, -0.15) is 0 Å². The third-order valence-corrected chi connectivity index (χ3v) is 4.91. The lowest BCUT2D eigenvalue weighted by Gasteiger charge is -2.10. The van der Waals surface area contributed by atoms with Crippen molar-refractivity contribution in [3.63, 3.8) is 0 Å². The SMILES string of the molecule is Cc1nc(CC(O)c2ccc(C3CC3)cc2)sc1C. The highest BCUT2D eigenvalue weighted by Crippen LogP contribution is 2.40. The Kier molecular flexibility index (Phi) is 3.42. The maximum Gasteiger partial charge on any atom is 0.0960 e. The number of aromatic nitrogens is 1. The maximum atomic E-state index is 10.3. The molecule has 1 saturated carbocycles. The fraction of sp³-hybridized carbons (Fsp3) is 0.438. The van der Waals surface area contributed by atoms with Gasteiger partial charge in [0.15, 0.2) is 0 Å². The van der Waals surface area contributed by atoms with E-state index in [1.165, 1.54) is 23.3 Å². The van der Waals surface area contributed by atoms with E-state index in [1.54, 1.807) is 11.3 Å². The summed E-state index contributed by atoms with van der Waals surface area (Å²) in [6.45, 7) is 4.10. The van der Waals surface area contributed by atoms with Crippen LogP contribution in [0.2, 0.25) is 0 Å². The smallest absolute Gasteiger partial charge is 0.0960 e. The van der Waals surface area contributed by atoms with Gasteiger partial charge in [-0.05, 0) is 43.7 Å². The molecule has 0 saturated heterocycles. The first kappa shape index (κ1) is 12.8. The van der Waals surface area contributed by atoms with Crippen molar-refractivity contribution in [3.05, 3.63) is 51.0 Å². The largest absolute Gasteiger partial charge is 0.388 e. The molecule has 1 fully saturated rings. The summed E-state index contributed by atoms with van der Waals surface area (Å²) in [4.78, 5) is 5.73. The molecule has 1 unspecified atom stereocenters. The number of hydrogen-bond donors (Lipinski definition) is 1. The molecule has 0 spiro atoms. The van der Waals surface area contributed by atoms with Crippen molar-refractivity contribution in [2.24, 2.45) is 0 Å². The Labute approximate surface area is 118 Å². The highest BCUT2D eigenvalue weighted by Gasteiger charge is 2.23. The second kappa shape index (κ2) is 5.06. The van der Waals surface area contributed by atoms with Crippen LogP contribution in [-0.4, -0.2) is 10.1 Å². The average molecular weight is 273 g/mol. The Hall–Kier alpha value is -1.19. The van der Waals surface area contributed by atoms with Crippen LogP contribution in [0, 0.1) is 13.8 Å². The molecule has 0 aliphatic heterocycles. The summed E-state index contributed by atoms with van der Waals surface area (Å²) < 4.78 is 0. The standard InChI is InChI=1S/C16H19NOS/c1-10-11(2)19-16(17-10)9-15(18)14-7-5-13(6-8-14)12-3-4-12/h5-8,12,15,18H,3-4,9H2,1-2H3. The fourth-order valence-corrected chi connectivity index (χ4v) is 3.29. The molecule has 0 radical (unpaired) electrons. The average Bonchev–Trinajstić information content (AvgIpc) is 3.18. The first-order valence-corrected chi connectivity index (χ1v) is 7.66. The van der Waals surface area contributed by atoms with Crippen molar-refractivity contribution in [1.82, 2.24) is 4.98 Å². The summed E-state index contributed by atoms with van der Waals surface area (Å²) >= 11 is 1.68. The highest BCUT2D eigenvalue weighted by atomic mass is 32.1. The van der Waals surface area contributed by atoms with E-state index in [-0.39, 0.29) is 0 Å². The van der Waals surface area contributed by atoms with Crippen molar-refractivity contribution >= 4 is 11.3 Å². The Bertz CT molecular complexity index is 549. The molecule has 1 aliphatic carbocycles. The number of hydrogen-bond acceptors (Lipinski definition) is 3. The van der Waals surface area contributed by atoms with Crippen molar-refractivity contribution in [2.45, 2.75) is 45.1 Å². The lowest BCUT2D eigenvalue weighted by molar-refractivity contribution is 0.178. The lowest BCUT2D eigenvalue weighted by atomic mass is 10.0. The normalized spacial score (nSPS) is 16.6. The molecule has 2 nitrogen and oxygen atoms in total. The first-order valence-electron chi connectivity index (χ1n) is 6.84. The summed E-state index contributed by atoms with van der Waals surface area (Å²) in [6, 6.07) is 8.44. The zero-order valence-corrected chi connectivity index (χ0v) is 12.2. The van der Waals surface area contributed by atoms with Gasteiger partial charge < -0.3 is 5.11 Å². The van der Waals surface area contributed by atoms with Crippen LogP contribution in [0.1, 0.15) is 51.6 Å². The van der Waals surface area contributed by atoms with Gasteiger partial charge >= 0.3 is 0 Å². The zero-order valence-electron chi connectivity index (χ0n) is 11.4. The van der Waals surface area contributed by atoms with E-state index < -0.39 is 6.10 Å². The van der Waals surface area contributed by atoms with Crippen LogP contribution in [0.5, 0.6) is 0 Å². The van der Waals surface area contributed by atoms with E-state index in [0.717, 1.165) is 22.2 Å². The van der Waals surface area contributed by atoms with Gasteiger partial charge in [-0.3, -0.25) is 0 Å². The molecule has 1 aromatic carbocycles. The minimum atomic E-state index is -0.446. The van der Waals surface area contributed by atoms with Gasteiger partial charge in [-0.25, -0.2) is 4.98 Å². The second-order valence-electron chi connectivity index (χ2n) is 5.41. The molecule has 1 atom stereocenters. The molecule has 1 N–H and O–H groups in total. The molecule has 0 amide bonds. The second-order valence-corrected chi connectivity index (χ2v) is 6.70. The van der Waals surface area contributed by atoms with Gasteiger partial charge in [0, 0.05) is 11.3 Å². The molecular weight excluding hydrogens is 254 g/mol. The summed E-state index contributed by atoms with van der Waals surface area (Å²) in [5.41, 5.74) is 3.49. The van der Waals surface area contributed by atoms with Gasteiger partial charge in [0.2, 0.25) is 0 Å². The fourth-order valence-electron chi connectivity index (χ4n) is 2.32. The van der Waals surface area contributed by atoms with Crippen LogP contribution < -0.4 is 0 Å². The quantitative estimate of drug-likeness (QED) is 0.916. The predicted octanol–water partition coefficient (Wildman–Crippen LogP) is 3.91. The van der Waals surface area contributed by atoms with Crippen molar-refractivity contribution in [2.75, 3.05) is 0 Å². The minimum Gasteiger partial charge on any atom is -0.388 e. The van der Waals surface area contributed by atoms with E-state index in [0.29, 0.717) is 6.42 Å². The van der Waals surface area contributed by atoms with Crippen LogP contribution >= 0.6 is 11.3 Å². The number of nitrogens with zero attached hydrogens (tertiary/aromatic N) is 1. The van der Waals surface area contributed by atoms with Gasteiger partial charge in [0.05, 0.1) is 16.8 Å². The van der Waals surface area contributed by atoms with E-state index >= 15 is 0 Å². The van der Waals surface area contributed by atoms with Crippen molar-refractivity contribution in [3.8, 4) is 0 Å². The first-order chi connectivity index (χ1) is 9.13. The van der Waals surface area contributed by atoms with E-state index in [9.17, 15) is 5.11 Å². The summed E-state index contributed by atoms with van der Waals surface area (Å²) in [6.07, 6.45) is 2.81. The predicted molar refractivity (Wildman–Crippen MR) is 78.7 cm³/mol. The van der Waals surface area contributed by atoms with Gasteiger partial charge in [-0.1, -0.05) is 24.3 Å². The van der Waals surface area contributed by atoms with Crippen molar-refractivity contribution in [1.29, 1.82) is 0 Å². The van der Waals surface area contributed by atoms with Gasteiger partial charge in [0.1, 0.15) is 0 Å². The van der Waals surface area contributed by atoms with Crippen LogP contribution in [-0.2, 0) is 6.42 Å². The molecular formula is C16H19NOS. The number of aliphatic hydroxyl groups is 1. The molecule has 0 bridgehead atoms. The Morgan fingerprint density at radius 3 is 2.47 bits per heavy atom. The highest BCUT2D eigenvalue weighted by molar-refractivity contribution is 7.11. The molecule has 1 aromatic heterocycles. The minimum absolute atomic E-state index is 0.446. The molecule has 2 aromatic rings. The zero-order chi connectivity index (χ0) is 13.4. The monoisotopic (exact) mass is 273 g/mol. The maximum absolute atomic E-state index is 10.3. The van der Waals surface area contributed by atoms with Crippen LogP contribution in [0.15, 0.2) is 24.3 Å². The Morgan fingerprint density at radius 1 is 1.26 bits per heavy atom. The molecule has 1 aliphatic rings. The number of rotatable bonds is 4. The summed E-state index contributed by atoms with van der Waals surface area (Å²) in [5, 5.41) is 11.3. The lowest BCUT2D eigenvalue weighted by Crippen LogP contribution is -2.01. The number of aryl methyl sites for hydroxylation is 2. The van der Waals surface area contributed by atoms with Crippen LogP contribution in [0.25, 0.3) is 0 Å². The topological polar surface area (TPSA) is 33.1 Å². The Morgan fingerprint density at radius 2 is 1.95 bits per heavy atom. The molecule has 100 valence electrons. The van der Waals surface area contributed by atoms with Crippen LogP contribution in [0.3, 0.4) is 0 Å². The summed E-state index contributed by atoms with van der Waals surface area (Å²) in [5.74, 6) is 0.774. The van der Waals surface area contributed by atoms with E-state index in [4.69, 9.17) is 0 Å². The summed E-state index contributed by atoms with van der Waals surface area (Å²) in [7, 11) is 0. The molecule has 19 heavy (non-hydrogen) atoms. The van der Waals surface area contributed by atoms with E-state index in [1.807, 2.05) is 6.92 Å². The molecule has 3 heteroatoms. The number of benzene rings is 1. The molecule has 1 heterocycles. The number of aliphatic hydroxyl groups excluding tert-OH is 1. The van der Waals surface area contributed by atoms with Gasteiger partial charge in [-0.15, -0.1) is 11.3 Å². The van der Waals surface area contributed by atoms with E-state index in [2.05, 4.69) is 36.2 Å². The number of thiazole rings is 1. The van der Waals surface area contributed by atoms with Gasteiger partial charge in [0.25, 0.3) is 0 Å². The Balaban J connectivity index is 1.70.